The largest absolute Gasteiger partial charge is 0.385 e. The highest BCUT2D eigenvalue weighted by atomic mass is 35.5. The zero-order valence-corrected chi connectivity index (χ0v) is 13.9. The Morgan fingerprint density at radius 1 is 0.833 bits per heavy atom. The van der Waals surface area contributed by atoms with Gasteiger partial charge >= 0.3 is 0 Å². The van der Waals surface area contributed by atoms with Crippen LogP contribution >= 0.6 is 23.2 Å². The summed E-state index contributed by atoms with van der Waals surface area (Å²) in [5, 5.41) is 21.4. The molecule has 0 bridgehead atoms. The maximum atomic E-state index is 12.8. The highest BCUT2D eigenvalue weighted by Gasteiger charge is 2.52. The fourth-order valence-electron chi connectivity index (χ4n) is 3.11. The van der Waals surface area contributed by atoms with Gasteiger partial charge in [0.05, 0.1) is 5.92 Å². The van der Waals surface area contributed by atoms with Gasteiger partial charge in [-0.25, -0.2) is 0 Å². The predicted octanol–water partition coefficient (Wildman–Crippen LogP) is 2.88. The van der Waals surface area contributed by atoms with Gasteiger partial charge in [-0.3, -0.25) is 9.59 Å². The number of aliphatic hydroxyl groups is 2. The summed E-state index contributed by atoms with van der Waals surface area (Å²) < 4.78 is 0. The fraction of sp³-hybridized carbons (Fsp3) is 0.222. The first-order valence-electron chi connectivity index (χ1n) is 7.35. The number of ketones is 2. The van der Waals surface area contributed by atoms with Crippen LogP contribution in [-0.2, 0) is 4.79 Å². The lowest BCUT2D eigenvalue weighted by Gasteiger charge is -2.22. The lowest BCUT2D eigenvalue weighted by Crippen LogP contribution is -2.30. The van der Waals surface area contributed by atoms with E-state index in [2.05, 4.69) is 0 Å². The minimum Gasteiger partial charge on any atom is -0.385 e. The van der Waals surface area contributed by atoms with E-state index >= 15 is 0 Å². The Hall–Kier alpha value is -1.72. The predicted molar refractivity (Wildman–Crippen MR) is 90.5 cm³/mol. The van der Waals surface area contributed by atoms with Crippen LogP contribution in [0.3, 0.4) is 0 Å². The number of carbonyl (C=O) groups excluding carboxylic acids is 2. The molecule has 2 aromatic rings. The molecule has 0 saturated heterocycles. The van der Waals surface area contributed by atoms with E-state index in [4.69, 9.17) is 23.2 Å². The SMILES string of the molecule is O=C1C(O)C(C(=O)c2ccc(Cl)cc2)C(c2ccc(Cl)cc2)C1O. The number of halogens is 2. The number of carbonyl (C=O) groups is 2. The summed E-state index contributed by atoms with van der Waals surface area (Å²) >= 11 is 11.7. The normalized spacial score (nSPS) is 26.6. The highest BCUT2D eigenvalue weighted by Crippen LogP contribution is 2.40. The minimum atomic E-state index is -1.55. The first kappa shape index (κ1) is 17.1. The molecule has 124 valence electrons. The first-order chi connectivity index (χ1) is 11.4. The van der Waals surface area contributed by atoms with Gasteiger partial charge in [0.15, 0.2) is 11.6 Å². The average molecular weight is 365 g/mol. The third kappa shape index (κ3) is 2.98. The van der Waals surface area contributed by atoms with E-state index in [1.54, 1.807) is 36.4 Å². The van der Waals surface area contributed by atoms with Crippen LogP contribution in [0.2, 0.25) is 10.0 Å². The highest BCUT2D eigenvalue weighted by molar-refractivity contribution is 6.31. The van der Waals surface area contributed by atoms with Crippen molar-refractivity contribution in [1.82, 2.24) is 0 Å². The first-order valence-corrected chi connectivity index (χ1v) is 8.11. The summed E-state index contributed by atoms with van der Waals surface area (Å²) in [6, 6.07) is 12.7. The van der Waals surface area contributed by atoms with Crippen molar-refractivity contribution in [3.05, 3.63) is 69.7 Å². The molecule has 6 heteroatoms. The zero-order chi connectivity index (χ0) is 17.4. The Morgan fingerprint density at radius 2 is 1.33 bits per heavy atom. The van der Waals surface area contributed by atoms with Crippen molar-refractivity contribution >= 4 is 34.8 Å². The van der Waals surface area contributed by atoms with E-state index in [9.17, 15) is 19.8 Å². The Kier molecular flexibility index (Phi) is 4.74. The van der Waals surface area contributed by atoms with Gasteiger partial charge < -0.3 is 10.2 Å². The van der Waals surface area contributed by atoms with Crippen LogP contribution in [0, 0.1) is 5.92 Å². The van der Waals surface area contributed by atoms with E-state index in [0.717, 1.165) is 0 Å². The van der Waals surface area contributed by atoms with Crippen LogP contribution in [0.15, 0.2) is 48.5 Å². The second-order valence-electron chi connectivity index (χ2n) is 5.77. The van der Waals surface area contributed by atoms with Crippen LogP contribution in [0.4, 0.5) is 0 Å². The van der Waals surface area contributed by atoms with Crippen molar-refractivity contribution in [1.29, 1.82) is 0 Å². The summed E-state index contributed by atoms with van der Waals surface area (Å²) in [4.78, 5) is 24.9. The molecule has 4 nitrogen and oxygen atoms in total. The molecule has 24 heavy (non-hydrogen) atoms. The van der Waals surface area contributed by atoms with Gasteiger partial charge in [0.1, 0.15) is 12.2 Å². The molecule has 4 unspecified atom stereocenters. The maximum Gasteiger partial charge on any atom is 0.191 e. The van der Waals surface area contributed by atoms with Gasteiger partial charge in [0.2, 0.25) is 0 Å². The number of hydrogen-bond donors (Lipinski definition) is 2. The van der Waals surface area contributed by atoms with E-state index < -0.39 is 35.6 Å². The Bertz CT molecular complexity index is 771. The molecule has 0 spiro atoms. The molecule has 1 saturated carbocycles. The van der Waals surface area contributed by atoms with Crippen molar-refractivity contribution in [2.45, 2.75) is 18.1 Å². The number of Topliss-reactive ketones (excluding diaryl/α,β-unsaturated/α-hetero) is 2. The van der Waals surface area contributed by atoms with E-state index in [-0.39, 0.29) is 0 Å². The van der Waals surface area contributed by atoms with Crippen LogP contribution in [0.5, 0.6) is 0 Å². The minimum absolute atomic E-state index is 0.323. The molecule has 0 aliphatic heterocycles. The van der Waals surface area contributed by atoms with Crippen molar-refractivity contribution in [2.75, 3.05) is 0 Å². The topological polar surface area (TPSA) is 74.6 Å². The van der Waals surface area contributed by atoms with Gasteiger partial charge in [0.25, 0.3) is 0 Å². The number of benzene rings is 2. The lowest BCUT2D eigenvalue weighted by atomic mass is 9.82. The van der Waals surface area contributed by atoms with Crippen LogP contribution in [0.1, 0.15) is 21.8 Å². The Labute approximate surface area is 148 Å². The van der Waals surface area contributed by atoms with Crippen molar-refractivity contribution in [2.24, 2.45) is 5.92 Å². The van der Waals surface area contributed by atoms with E-state index in [0.29, 0.717) is 21.2 Å². The average Bonchev–Trinajstić information content (AvgIpc) is 2.80. The second-order valence-corrected chi connectivity index (χ2v) is 6.64. The molecule has 0 radical (unpaired) electrons. The van der Waals surface area contributed by atoms with E-state index in [1.807, 2.05) is 0 Å². The molecular weight excluding hydrogens is 351 g/mol. The van der Waals surface area contributed by atoms with Crippen LogP contribution < -0.4 is 0 Å². The molecule has 0 aromatic heterocycles. The third-order valence-corrected chi connectivity index (χ3v) is 4.84. The van der Waals surface area contributed by atoms with Crippen molar-refractivity contribution in [3.63, 3.8) is 0 Å². The molecule has 1 aliphatic carbocycles. The van der Waals surface area contributed by atoms with Gasteiger partial charge in [-0.05, 0) is 42.0 Å². The van der Waals surface area contributed by atoms with Gasteiger partial charge in [-0.1, -0.05) is 35.3 Å². The summed E-state index contributed by atoms with van der Waals surface area (Å²) in [6.45, 7) is 0. The molecule has 1 aliphatic rings. The second kappa shape index (κ2) is 6.65. The molecule has 0 heterocycles. The Balaban J connectivity index is 2.01. The monoisotopic (exact) mass is 364 g/mol. The fourth-order valence-corrected chi connectivity index (χ4v) is 3.36. The number of aliphatic hydroxyl groups excluding tert-OH is 2. The van der Waals surface area contributed by atoms with Crippen LogP contribution in [-0.4, -0.2) is 34.0 Å². The summed E-state index contributed by atoms with van der Waals surface area (Å²) in [6.07, 6.45) is -2.99. The van der Waals surface area contributed by atoms with Crippen LogP contribution in [0.25, 0.3) is 0 Å². The quantitative estimate of drug-likeness (QED) is 0.821. The molecule has 0 amide bonds. The zero-order valence-electron chi connectivity index (χ0n) is 12.4. The molecule has 3 rings (SSSR count). The summed E-state index contributed by atoms with van der Waals surface area (Å²) in [7, 11) is 0. The summed E-state index contributed by atoms with van der Waals surface area (Å²) in [5.74, 6) is -3.05. The van der Waals surface area contributed by atoms with Gasteiger partial charge in [-0.2, -0.15) is 0 Å². The third-order valence-electron chi connectivity index (χ3n) is 4.34. The smallest absolute Gasteiger partial charge is 0.191 e. The lowest BCUT2D eigenvalue weighted by molar-refractivity contribution is -0.131. The van der Waals surface area contributed by atoms with Gasteiger partial charge in [-0.15, -0.1) is 0 Å². The standard InChI is InChI=1S/C18H14Cl2O4/c19-11-5-1-9(2-6-11)13-14(17(23)18(24)16(13)22)15(21)10-3-7-12(20)8-4-10/h1-8,13-14,16-17,22-23H. The molecular formula is C18H14Cl2O4. The molecule has 2 aromatic carbocycles. The summed E-state index contributed by atoms with van der Waals surface area (Å²) in [5.41, 5.74) is 0.897. The number of hydrogen-bond acceptors (Lipinski definition) is 4. The maximum absolute atomic E-state index is 12.8. The van der Waals surface area contributed by atoms with Crippen molar-refractivity contribution in [3.8, 4) is 0 Å². The molecule has 4 atom stereocenters. The van der Waals surface area contributed by atoms with Crippen molar-refractivity contribution < 1.29 is 19.8 Å². The molecule has 2 N–H and O–H groups in total. The van der Waals surface area contributed by atoms with Gasteiger partial charge in [0, 0.05) is 21.5 Å². The Morgan fingerprint density at radius 3 is 1.88 bits per heavy atom. The number of rotatable bonds is 3. The van der Waals surface area contributed by atoms with E-state index in [1.165, 1.54) is 12.1 Å². The molecule has 1 fully saturated rings.